The van der Waals surface area contributed by atoms with Crippen molar-refractivity contribution in [1.82, 2.24) is 15.6 Å². The Bertz CT molecular complexity index is 687. The average Bonchev–Trinajstić information content (AvgIpc) is 2.43. The summed E-state index contributed by atoms with van der Waals surface area (Å²) in [5.41, 5.74) is 0.760. The molecule has 5 nitrogen and oxygen atoms in total. The van der Waals surface area contributed by atoms with Gasteiger partial charge in [-0.2, -0.15) is 0 Å². The van der Waals surface area contributed by atoms with Crippen LogP contribution in [0.25, 0.3) is 10.9 Å². The second kappa shape index (κ2) is 8.17. The standard InChI is InChI=1S/C14H16BrN3O2.ClH/c1-2-16-5-6-17-14(20)11-8-13(19)18-12-4-3-9(15)7-10(11)12;/h3-4,7-8,16H,2,5-6H2,1H3,(H,17,20)(H,18,19);1H. The van der Waals surface area contributed by atoms with Gasteiger partial charge in [0.15, 0.2) is 0 Å². The molecule has 2 aromatic rings. The lowest BCUT2D eigenvalue weighted by Gasteiger charge is -2.08. The Morgan fingerprint density at radius 2 is 2.05 bits per heavy atom. The highest BCUT2D eigenvalue weighted by Gasteiger charge is 2.11. The second-order valence-electron chi connectivity index (χ2n) is 4.35. The summed E-state index contributed by atoms with van der Waals surface area (Å²) in [6.07, 6.45) is 0. The van der Waals surface area contributed by atoms with Crippen LogP contribution >= 0.6 is 28.3 Å². The van der Waals surface area contributed by atoms with Gasteiger partial charge >= 0.3 is 0 Å². The van der Waals surface area contributed by atoms with E-state index >= 15 is 0 Å². The number of nitrogens with one attached hydrogen (secondary N) is 3. The molecule has 0 unspecified atom stereocenters. The maximum atomic E-state index is 12.2. The van der Waals surface area contributed by atoms with Crippen molar-refractivity contribution in [3.8, 4) is 0 Å². The van der Waals surface area contributed by atoms with Crippen molar-refractivity contribution >= 4 is 45.1 Å². The lowest BCUT2D eigenvalue weighted by Crippen LogP contribution is -2.32. The SMILES string of the molecule is CCNCCNC(=O)c1cc(=O)[nH]c2ccc(Br)cc12.Cl. The Morgan fingerprint density at radius 1 is 1.29 bits per heavy atom. The molecule has 2 rings (SSSR count). The van der Waals surface area contributed by atoms with Crippen molar-refractivity contribution in [1.29, 1.82) is 0 Å². The van der Waals surface area contributed by atoms with E-state index in [2.05, 4.69) is 31.5 Å². The third-order valence-corrected chi connectivity index (χ3v) is 3.38. The number of pyridine rings is 1. The van der Waals surface area contributed by atoms with Crippen molar-refractivity contribution in [3.05, 3.63) is 44.7 Å². The van der Waals surface area contributed by atoms with Gasteiger partial charge in [-0.3, -0.25) is 9.59 Å². The van der Waals surface area contributed by atoms with Gasteiger partial charge in [-0.05, 0) is 24.7 Å². The van der Waals surface area contributed by atoms with E-state index in [-0.39, 0.29) is 23.9 Å². The molecule has 1 aromatic carbocycles. The smallest absolute Gasteiger partial charge is 0.252 e. The molecule has 3 N–H and O–H groups in total. The molecule has 7 heteroatoms. The molecule has 0 radical (unpaired) electrons. The Balaban J connectivity index is 0.00000220. The van der Waals surface area contributed by atoms with E-state index in [1.54, 1.807) is 6.07 Å². The van der Waals surface area contributed by atoms with Crippen molar-refractivity contribution in [3.63, 3.8) is 0 Å². The van der Waals surface area contributed by atoms with E-state index in [9.17, 15) is 9.59 Å². The van der Waals surface area contributed by atoms with Gasteiger partial charge in [0.25, 0.3) is 5.91 Å². The summed E-state index contributed by atoms with van der Waals surface area (Å²) in [5, 5.41) is 6.65. The number of H-pyrrole nitrogens is 1. The van der Waals surface area contributed by atoms with Gasteiger partial charge in [0, 0.05) is 34.5 Å². The number of carbonyl (C=O) groups excluding carboxylic acids is 1. The fourth-order valence-electron chi connectivity index (χ4n) is 1.95. The molecular weight excluding hydrogens is 358 g/mol. The lowest BCUT2D eigenvalue weighted by molar-refractivity contribution is 0.0955. The number of rotatable bonds is 5. The number of amides is 1. The highest BCUT2D eigenvalue weighted by molar-refractivity contribution is 9.10. The summed E-state index contributed by atoms with van der Waals surface area (Å²) in [7, 11) is 0. The van der Waals surface area contributed by atoms with E-state index in [0.717, 1.165) is 16.4 Å². The molecule has 0 aliphatic carbocycles. The molecule has 114 valence electrons. The third-order valence-electron chi connectivity index (χ3n) is 2.89. The minimum absolute atomic E-state index is 0. The molecule has 0 fully saturated rings. The highest BCUT2D eigenvalue weighted by Crippen LogP contribution is 2.20. The maximum Gasteiger partial charge on any atom is 0.252 e. The monoisotopic (exact) mass is 373 g/mol. The molecule has 0 aliphatic heterocycles. The van der Waals surface area contributed by atoms with Crippen LogP contribution in [0.5, 0.6) is 0 Å². The van der Waals surface area contributed by atoms with E-state index in [4.69, 9.17) is 0 Å². The number of hydrogen-bond donors (Lipinski definition) is 3. The molecular formula is C14H17BrClN3O2. The molecule has 1 aromatic heterocycles. The molecule has 21 heavy (non-hydrogen) atoms. The molecule has 0 atom stereocenters. The summed E-state index contributed by atoms with van der Waals surface area (Å²) < 4.78 is 0.860. The van der Waals surface area contributed by atoms with E-state index < -0.39 is 0 Å². The number of likely N-dealkylation sites (N-methyl/N-ethyl adjacent to an activating group) is 1. The second-order valence-corrected chi connectivity index (χ2v) is 5.26. The summed E-state index contributed by atoms with van der Waals surface area (Å²) in [4.78, 5) is 26.5. The first-order chi connectivity index (χ1) is 9.61. The van der Waals surface area contributed by atoms with Crippen LogP contribution < -0.4 is 16.2 Å². The fraction of sp³-hybridized carbons (Fsp3) is 0.286. The predicted molar refractivity (Wildman–Crippen MR) is 90.4 cm³/mol. The molecule has 0 aliphatic rings. The predicted octanol–water partition coefficient (Wildman–Crippen LogP) is 2.05. The lowest BCUT2D eigenvalue weighted by atomic mass is 10.1. The van der Waals surface area contributed by atoms with Crippen LogP contribution in [0.15, 0.2) is 33.5 Å². The van der Waals surface area contributed by atoms with Crippen molar-refractivity contribution in [2.45, 2.75) is 6.92 Å². The fourth-order valence-corrected chi connectivity index (χ4v) is 2.31. The summed E-state index contributed by atoms with van der Waals surface area (Å²) in [6.45, 7) is 4.09. The Kier molecular flexibility index (Phi) is 6.87. The Morgan fingerprint density at radius 3 is 2.76 bits per heavy atom. The van der Waals surface area contributed by atoms with Gasteiger partial charge in [-0.1, -0.05) is 22.9 Å². The molecule has 1 amide bonds. The van der Waals surface area contributed by atoms with Gasteiger partial charge in [0.1, 0.15) is 0 Å². The normalized spacial score (nSPS) is 10.2. The molecule has 0 saturated carbocycles. The van der Waals surface area contributed by atoms with E-state index in [0.29, 0.717) is 24.2 Å². The minimum Gasteiger partial charge on any atom is -0.351 e. The summed E-state index contributed by atoms with van der Waals surface area (Å²) in [5.74, 6) is -0.239. The highest BCUT2D eigenvalue weighted by atomic mass is 79.9. The number of benzene rings is 1. The number of carbonyl (C=O) groups is 1. The Hall–Kier alpha value is -1.37. The minimum atomic E-state index is -0.281. The topological polar surface area (TPSA) is 74.0 Å². The van der Waals surface area contributed by atoms with Gasteiger partial charge in [0.05, 0.1) is 5.56 Å². The van der Waals surface area contributed by atoms with Crippen LogP contribution in [-0.2, 0) is 0 Å². The van der Waals surface area contributed by atoms with Gasteiger partial charge in [0.2, 0.25) is 5.56 Å². The van der Waals surface area contributed by atoms with Crippen LogP contribution in [0.3, 0.4) is 0 Å². The van der Waals surface area contributed by atoms with E-state index in [1.165, 1.54) is 6.07 Å². The first-order valence-corrected chi connectivity index (χ1v) is 7.22. The van der Waals surface area contributed by atoms with Crippen LogP contribution in [-0.4, -0.2) is 30.5 Å². The largest absolute Gasteiger partial charge is 0.351 e. The van der Waals surface area contributed by atoms with E-state index in [1.807, 2.05) is 19.1 Å². The zero-order valence-electron chi connectivity index (χ0n) is 11.5. The van der Waals surface area contributed by atoms with Crippen LogP contribution in [0.2, 0.25) is 0 Å². The first-order valence-electron chi connectivity index (χ1n) is 6.43. The quantitative estimate of drug-likeness (QED) is 0.701. The van der Waals surface area contributed by atoms with Crippen molar-refractivity contribution in [2.75, 3.05) is 19.6 Å². The average molecular weight is 375 g/mol. The van der Waals surface area contributed by atoms with Crippen molar-refractivity contribution < 1.29 is 4.79 Å². The molecule has 0 bridgehead atoms. The summed E-state index contributed by atoms with van der Waals surface area (Å²) in [6, 6.07) is 6.75. The van der Waals surface area contributed by atoms with Gasteiger partial charge in [-0.25, -0.2) is 0 Å². The molecule has 1 heterocycles. The van der Waals surface area contributed by atoms with Crippen LogP contribution in [0.1, 0.15) is 17.3 Å². The summed E-state index contributed by atoms with van der Waals surface area (Å²) >= 11 is 3.37. The molecule has 0 spiro atoms. The van der Waals surface area contributed by atoms with Crippen LogP contribution in [0, 0.1) is 0 Å². The van der Waals surface area contributed by atoms with Gasteiger partial charge in [-0.15, -0.1) is 12.4 Å². The number of hydrogen-bond acceptors (Lipinski definition) is 3. The number of fused-ring (bicyclic) bond motifs is 1. The van der Waals surface area contributed by atoms with Crippen LogP contribution in [0.4, 0.5) is 0 Å². The first kappa shape index (κ1) is 17.7. The number of aromatic nitrogens is 1. The van der Waals surface area contributed by atoms with Gasteiger partial charge < -0.3 is 15.6 Å². The third kappa shape index (κ3) is 4.56. The zero-order valence-corrected chi connectivity index (χ0v) is 13.9. The molecule has 0 saturated heterocycles. The zero-order chi connectivity index (χ0) is 14.5. The Labute approximate surface area is 137 Å². The number of aromatic amines is 1. The number of halogens is 2. The maximum absolute atomic E-state index is 12.2. The van der Waals surface area contributed by atoms with Crippen molar-refractivity contribution in [2.24, 2.45) is 0 Å².